The molecule has 8 nitrogen and oxygen atoms in total. The number of anilines is 1. The van der Waals surface area contributed by atoms with Crippen molar-refractivity contribution in [2.45, 2.75) is 12.8 Å². The lowest BCUT2D eigenvalue weighted by atomic mass is 10.1. The molecule has 2 aromatic heterocycles. The third kappa shape index (κ3) is 4.39. The molecule has 0 unspecified atom stereocenters. The van der Waals surface area contributed by atoms with Crippen LogP contribution in [0.15, 0.2) is 53.6 Å². The molecule has 1 saturated heterocycles. The van der Waals surface area contributed by atoms with Crippen LogP contribution in [0.4, 0.5) is 5.82 Å². The van der Waals surface area contributed by atoms with Gasteiger partial charge in [-0.05, 0) is 44.2 Å². The van der Waals surface area contributed by atoms with Crippen molar-refractivity contribution in [3.05, 3.63) is 64.8 Å². The maximum absolute atomic E-state index is 13.3. The smallest absolute Gasteiger partial charge is 0.298 e. The number of hydrogen-bond donors (Lipinski definition) is 1. The first-order valence-electron chi connectivity index (χ1n) is 10.2. The molecule has 1 aromatic carbocycles. The van der Waals surface area contributed by atoms with E-state index in [-0.39, 0.29) is 12.2 Å². The lowest BCUT2D eigenvalue weighted by molar-refractivity contribution is 0.288. The van der Waals surface area contributed by atoms with Crippen molar-refractivity contribution in [1.82, 2.24) is 24.6 Å². The molecule has 3 aromatic rings. The van der Waals surface area contributed by atoms with E-state index in [0.717, 1.165) is 48.8 Å². The fourth-order valence-corrected chi connectivity index (χ4v) is 3.57. The van der Waals surface area contributed by atoms with Gasteiger partial charge in [0.05, 0.1) is 11.4 Å². The topological polar surface area (TPSA) is 87.4 Å². The van der Waals surface area contributed by atoms with E-state index in [4.69, 9.17) is 0 Å². The van der Waals surface area contributed by atoms with Crippen LogP contribution < -0.4 is 10.5 Å². The maximum atomic E-state index is 13.3. The molecule has 1 N–H and O–H groups in total. The molecule has 0 saturated carbocycles. The normalized spacial score (nSPS) is 14.8. The van der Waals surface area contributed by atoms with Gasteiger partial charge in [0, 0.05) is 56.4 Å². The zero-order valence-corrected chi connectivity index (χ0v) is 17.1. The first kappa shape index (κ1) is 20.2. The molecule has 4 rings (SSSR count). The third-order valence-electron chi connectivity index (χ3n) is 5.35. The van der Waals surface area contributed by atoms with Crippen molar-refractivity contribution < 1.29 is 5.11 Å². The molecule has 8 heteroatoms. The lowest BCUT2D eigenvalue weighted by Crippen LogP contribution is -2.47. The average molecular weight is 406 g/mol. The molecule has 1 aliphatic heterocycles. The number of hydrogen-bond acceptors (Lipinski definition) is 7. The van der Waals surface area contributed by atoms with Crippen LogP contribution in [0.5, 0.6) is 0 Å². The van der Waals surface area contributed by atoms with E-state index < -0.39 is 0 Å². The van der Waals surface area contributed by atoms with E-state index in [1.165, 1.54) is 0 Å². The Morgan fingerprint density at radius 2 is 1.83 bits per heavy atom. The highest BCUT2D eigenvalue weighted by Crippen LogP contribution is 2.19. The molecular formula is C22H26N6O2. The summed E-state index contributed by atoms with van der Waals surface area (Å²) in [6, 6.07) is 11.5. The predicted octanol–water partition coefficient (Wildman–Crippen LogP) is 1.37. The van der Waals surface area contributed by atoms with Gasteiger partial charge in [0.25, 0.3) is 5.56 Å². The molecular weight excluding hydrogens is 380 g/mol. The second-order valence-electron chi connectivity index (χ2n) is 7.50. The monoisotopic (exact) mass is 406 g/mol. The summed E-state index contributed by atoms with van der Waals surface area (Å²) >= 11 is 0. The minimum absolute atomic E-state index is 0.0947. The van der Waals surface area contributed by atoms with E-state index in [9.17, 15) is 9.90 Å². The largest absolute Gasteiger partial charge is 0.396 e. The van der Waals surface area contributed by atoms with Crippen molar-refractivity contribution in [2.24, 2.45) is 0 Å². The molecule has 0 atom stereocenters. The number of aliphatic hydroxyl groups is 1. The summed E-state index contributed by atoms with van der Waals surface area (Å²) in [5, 5.41) is 17.3. The van der Waals surface area contributed by atoms with Crippen LogP contribution in [0, 0.1) is 0 Å². The summed E-state index contributed by atoms with van der Waals surface area (Å²) in [5.74, 6) is 0.483. The fraction of sp³-hybridized carbons (Fsp3) is 0.364. The Kier molecular flexibility index (Phi) is 6.15. The predicted molar refractivity (Wildman–Crippen MR) is 116 cm³/mol. The molecule has 3 heterocycles. The minimum atomic E-state index is -0.125. The standard InChI is InChI=1S/C22H26N6O2/c1-26-11-13-27(14-12-26)21-22(30)28(16-18(24-21)4-3-15-29)19-8-6-17(7-9-19)20-5-2-10-23-25-20/h2,5-10,16,29H,3-4,11-15H2,1H3. The molecule has 0 spiro atoms. The second-order valence-corrected chi connectivity index (χ2v) is 7.50. The molecule has 1 fully saturated rings. The summed E-state index contributed by atoms with van der Waals surface area (Å²) in [4.78, 5) is 22.3. The molecule has 156 valence electrons. The number of benzene rings is 1. The van der Waals surface area contributed by atoms with Gasteiger partial charge in [0.2, 0.25) is 0 Å². The average Bonchev–Trinajstić information content (AvgIpc) is 2.80. The Labute approximate surface area is 175 Å². The van der Waals surface area contributed by atoms with Gasteiger partial charge >= 0.3 is 0 Å². The summed E-state index contributed by atoms with van der Waals surface area (Å²) in [5.41, 5.74) is 3.17. The van der Waals surface area contributed by atoms with Gasteiger partial charge in [-0.3, -0.25) is 9.36 Å². The van der Waals surface area contributed by atoms with Crippen LogP contribution in [0.1, 0.15) is 12.1 Å². The van der Waals surface area contributed by atoms with Gasteiger partial charge in [-0.2, -0.15) is 10.2 Å². The van der Waals surface area contributed by atoms with Gasteiger partial charge in [-0.25, -0.2) is 4.98 Å². The number of rotatable bonds is 6. The maximum Gasteiger partial charge on any atom is 0.298 e. The first-order valence-corrected chi connectivity index (χ1v) is 10.2. The van der Waals surface area contributed by atoms with Gasteiger partial charge in [-0.15, -0.1) is 0 Å². The van der Waals surface area contributed by atoms with Gasteiger partial charge in [0.1, 0.15) is 0 Å². The first-order chi connectivity index (χ1) is 14.7. The van der Waals surface area contributed by atoms with Crippen LogP contribution in [-0.2, 0) is 6.42 Å². The van der Waals surface area contributed by atoms with E-state index >= 15 is 0 Å². The number of nitrogens with zero attached hydrogens (tertiary/aromatic N) is 6. The minimum Gasteiger partial charge on any atom is -0.396 e. The second kappa shape index (κ2) is 9.15. The van der Waals surface area contributed by atoms with Gasteiger partial charge < -0.3 is 14.9 Å². The highest BCUT2D eigenvalue weighted by molar-refractivity contribution is 5.60. The quantitative estimate of drug-likeness (QED) is 0.661. The third-order valence-corrected chi connectivity index (χ3v) is 5.35. The molecule has 1 aliphatic rings. The van der Waals surface area contributed by atoms with E-state index in [0.29, 0.717) is 18.7 Å². The Hall–Kier alpha value is -3.10. The van der Waals surface area contributed by atoms with Gasteiger partial charge in [0.15, 0.2) is 5.82 Å². The zero-order chi connectivity index (χ0) is 20.9. The highest BCUT2D eigenvalue weighted by Gasteiger charge is 2.20. The number of aliphatic hydroxyl groups excluding tert-OH is 1. The van der Waals surface area contributed by atoms with Crippen LogP contribution in [-0.4, -0.2) is 69.6 Å². The molecule has 30 heavy (non-hydrogen) atoms. The summed E-state index contributed by atoms with van der Waals surface area (Å²) in [6.45, 7) is 3.43. The summed E-state index contributed by atoms with van der Waals surface area (Å²) < 4.78 is 1.66. The fourth-order valence-electron chi connectivity index (χ4n) is 3.57. The number of likely N-dealkylation sites (N-methyl/N-ethyl adjacent to an activating group) is 1. The van der Waals surface area contributed by atoms with Crippen LogP contribution in [0.3, 0.4) is 0 Å². The number of aromatic nitrogens is 4. The number of piperazine rings is 1. The molecule has 0 radical (unpaired) electrons. The molecule has 0 aliphatic carbocycles. The lowest BCUT2D eigenvalue weighted by Gasteiger charge is -2.33. The van der Waals surface area contributed by atoms with E-state index in [1.54, 1.807) is 17.0 Å². The van der Waals surface area contributed by atoms with Crippen molar-refractivity contribution >= 4 is 5.82 Å². The molecule has 0 bridgehead atoms. The van der Waals surface area contributed by atoms with Crippen LogP contribution >= 0.6 is 0 Å². The van der Waals surface area contributed by atoms with Gasteiger partial charge in [-0.1, -0.05) is 12.1 Å². The van der Waals surface area contributed by atoms with E-state index in [2.05, 4.69) is 32.0 Å². The van der Waals surface area contributed by atoms with Crippen molar-refractivity contribution in [2.75, 3.05) is 44.7 Å². The van der Waals surface area contributed by atoms with Crippen LogP contribution in [0.25, 0.3) is 16.9 Å². The van der Waals surface area contributed by atoms with Crippen LogP contribution in [0.2, 0.25) is 0 Å². The van der Waals surface area contributed by atoms with Crippen molar-refractivity contribution in [3.8, 4) is 16.9 Å². The Balaban J connectivity index is 1.71. The zero-order valence-electron chi connectivity index (χ0n) is 17.1. The van der Waals surface area contributed by atoms with Crippen molar-refractivity contribution in [1.29, 1.82) is 0 Å². The SMILES string of the molecule is CN1CCN(c2nc(CCCO)cn(-c3ccc(-c4cccnn4)cc3)c2=O)CC1. The summed E-state index contributed by atoms with van der Waals surface area (Å²) in [7, 11) is 2.08. The van der Waals surface area contributed by atoms with E-state index in [1.807, 2.05) is 36.4 Å². The Bertz CT molecular complexity index is 1030. The Morgan fingerprint density at radius 3 is 2.50 bits per heavy atom. The molecule has 0 amide bonds. The highest BCUT2D eigenvalue weighted by atomic mass is 16.3. The number of aryl methyl sites for hydroxylation is 1. The Morgan fingerprint density at radius 1 is 1.07 bits per heavy atom. The van der Waals surface area contributed by atoms with Crippen molar-refractivity contribution in [3.63, 3.8) is 0 Å². The summed E-state index contributed by atoms with van der Waals surface area (Å²) in [6.07, 6.45) is 4.66.